The maximum atomic E-state index is 12.0. The first-order valence-corrected chi connectivity index (χ1v) is 5.04. The summed E-state index contributed by atoms with van der Waals surface area (Å²) in [5.74, 6) is 0.536. The van der Waals surface area contributed by atoms with Gasteiger partial charge in [-0.2, -0.15) is 0 Å². The van der Waals surface area contributed by atoms with Gasteiger partial charge in [-0.05, 0) is 24.1 Å². The maximum absolute atomic E-state index is 12.0. The molecule has 0 fully saturated rings. The number of rotatable bonds is 3. The Kier molecular flexibility index (Phi) is 1.90. The molecular weight excluding hydrogens is 214 g/mol. The number of hydrogen-bond donors (Lipinski definition) is 0. The molecule has 0 aliphatic heterocycles. The van der Waals surface area contributed by atoms with Crippen LogP contribution in [-0.2, 0) is 6.37 Å². The van der Waals surface area contributed by atoms with Crippen LogP contribution in [0.25, 0.3) is 5.69 Å². The molecule has 1 heterocycles. The van der Waals surface area contributed by atoms with Crippen LogP contribution in [-0.4, -0.2) is 11.7 Å². The van der Waals surface area contributed by atoms with E-state index in [2.05, 4.69) is 0 Å². The summed E-state index contributed by atoms with van der Waals surface area (Å²) in [6.07, 6.45) is -1.34. The second-order valence-corrected chi connectivity index (χ2v) is 3.45. The first-order chi connectivity index (χ1) is 10.2. The van der Waals surface area contributed by atoms with E-state index in [9.17, 15) is 4.79 Å². The molecule has 0 saturated heterocycles. The highest BCUT2D eigenvalue weighted by atomic mass is 16.5. The van der Waals surface area contributed by atoms with Crippen molar-refractivity contribution < 1.29 is 11.6 Å². The van der Waals surface area contributed by atoms with Gasteiger partial charge in [-0.15, -0.1) is 0 Å². The smallest absolute Gasteiger partial charge is 0.255 e. The highest BCUT2D eigenvalue weighted by Gasteiger charge is 2.01. The van der Waals surface area contributed by atoms with E-state index in [0.29, 0.717) is 11.4 Å². The van der Waals surface area contributed by atoms with Crippen LogP contribution in [0.3, 0.4) is 0 Å². The predicted molar refractivity (Wildman–Crippen MR) is 68.0 cm³/mol. The lowest BCUT2D eigenvalue weighted by atomic mass is 10.2. The standard InChI is InChI=1S/C14H15NO2/c1-3-11-7-8-14(16)15(10-11)12-5-4-6-13(9-12)17-2/h4-10H,3H2,1-2H3/i1D3,3D2. The van der Waals surface area contributed by atoms with Crippen molar-refractivity contribution in [2.75, 3.05) is 7.11 Å². The Hall–Kier alpha value is -2.03. The maximum Gasteiger partial charge on any atom is 0.255 e. The fourth-order valence-corrected chi connectivity index (χ4v) is 1.52. The zero-order chi connectivity index (χ0) is 16.5. The van der Waals surface area contributed by atoms with Gasteiger partial charge in [-0.25, -0.2) is 0 Å². The van der Waals surface area contributed by atoms with Crippen LogP contribution in [0.15, 0.2) is 47.4 Å². The van der Waals surface area contributed by atoms with Crippen molar-refractivity contribution >= 4 is 0 Å². The highest BCUT2D eigenvalue weighted by Crippen LogP contribution is 2.15. The third kappa shape index (κ3) is 2.38. The fourth-order valence-electron chi connectivity index (χ4n) is 1.52. The van der Waals surface area contributed by atoms with E-state index < -0.39 is 18.8 Å². The molecule has 0 radical (unpaired) electrons. The van der Waals surface area contributed by atoms with Gasteiger partial charge < -0.3 is 4.74 Å². The molecule has 1 aromatic carbocycles. The molecule has 0 unspecified atom stereocenters. The van der Waals surface area contributed by atoms with Crippen LogP contribution in [0, 0.1) is 0 Å². The fraction of sp³-hybridized carbons (Fsp3) is 0.214. The van der Waals surface area contributed by atoms with Gasteiger partial charge in [-0.1, -0.05) is 19.0 Å². The molecule has 88 valence electrons. The minimum Gasteiger partial charge on any atom is -0.497 e. The number of nitrogens with zero attached hydrogens (tertiary/aromatic N) is 1. The summed E-state index contributed by atoms with van der Waals surface area (Å²) < 4.78 is 43.8. The van der Waals surface area contributed by atoms with Gasteiger partial charge in [0.2, 0.25) is 0 Å². The van der Waals surface area contributed by atoms with Gasteiger partial charge in [0.05, 0.1) is 12.8 Å². The summed E-state index contributed by atoms with van der Waals surface area (Å²) in [4.78, 5) is 12.0. The number of aromatic nitrogens is 1. The van der Waals surface area contributed by atoms with E-state index in [-0.39, 0.29) is 5.56 Å². The first kappa shape index (κ1) is 6.64. The molecule has 2 rings (SSSR count). The number of pyridine rings is 1. The Morgan fingerprint density at radius 2 is 2.29 bits per heavy atom. The van der Waals surface area contributed by atoms with Crippen molar-refractivity contribution in [1.82, 2.24) is 4.57 Å². The van der Waals surface area contributed by atoms with Crippen molar-refractivity contribution in [3.63, 3.8) is 0 Å². The minimum absolute atomic E-state index is 0.0880. The quantitative estimate of drug-likeness (QED) is 0.816. The van der Waals surface area contributed by atoms with Gasteiger partial charge in [0.25, 0.3) is 5.56 Å². The summed E-state index contributed by atoms with van der Waals surface area (Å²) in [6.45, 7) is -2.83. The molecule has 0 atom stereocenters. The molecule has 1 aromatic heterocycles. The van der Waals surface area contributed by atoms with Gasteiger partial charge in [0, 0.05) is 25.2 Å². The Balaban J connectivity index is 2.59. The normalized spacial score (nSPS) is 16.2. The second kappa shape index (κ2) is 4.87. The zero-order valence-corrected chi connectivity index (χ0v) is 9.31. The van der Waals surface area contributed by atoms with E-state index in [4.69, 9.17) is 11.6 Å². The number of methoxy groups -OCH3 is 1. The van der Waals surface area contributed by atoms with E-state index in [1.54, 1.807) is 24.3 Å². The molecule has 0 N–H and O–H groups in total. The van der Waals surface area contributed by atoms with E-state index >= 15 is 0 Å². The van der Waals surface area contributed by atoms with Crippen LogP contribution in [0.5, 0.6) is 5.75 Å². The van der Waals surface area contributed by atoms with Crippen LogP contribution in [0.4, 0.5) is 0 Å². The number of hydrogen-bond acceptors (Lipinski definition) is 2. The molecule has 0 amide bonds. The molecule has 2 aromatic rings. The van der Waals surface area contributed by atoms with Crippen LogP contribution < -0.4 is 10.3 Å². The monoisotopic (exact) mass is 234 g/mol. The summed E-state index contributed by atoms with van der Waals surface area (Å²) in [5.41, 5.74) is -0.0131. The Morgan fingerprint density at radius 1 is 1.41 bits per heavy atom. The first-order valence-electron chi connectivity index (χ1n) is 7.54. The second-order valence-electron chi connectivity index (χ2n) is 3.45. The average Bonchev–Trinajstić information content (AvgIpc) is 2.46. The molecule has 3 nitrogen and oxygen atoms in total. The van der Waals surface area contributed by atoms with Gasteiger partial charge in [-0.3, -0.25) is 9.36 Å². The summed E-state index contributed by atoms with van der Waals surface area (Å²) in [7, 11) is 1.49. The molecule has 3 heteroatoms. The molecular formula is C14H15NO2. The Bertz CT molecular complexity index is 736. The third-order valence-corrected chi connectivity index (χ3v) is 2.39. The van der Waals surface area contributed by atoms with Gasteiger partial charge in [0.15, 0.2) is 0 Å². The van der Waals surface area contributed by atoms with Crippen molar-refractivity contribution in [1.29, 1.82) is 0 Å². The SMILES string of the molecule is [2H]C([2H])([2H])C([2H])([2H])c1ccc(=O)n(-c2cccc(OC)c2)c1. The lowest BCUT2D eigenvalue weighted by Crippen LogP contribution is -2.16. The average molecular weight is 234 g/mol. The number of benzene rings is 1. The lowest BCUT2D eigenvalue weighted by Gasteiger charge is -2.08. The molecule has 0 saturated carbocycles. The van der Waals surface area contributed by atoms with E-state index in [1.807, 2.05) is 0 Å². The van der Waals surface area contributed by atoms with E-state index in [0.717, 1.165) is 6.07 Å². The number of ether oxygens (including phenoxy) is 1. The Morgan fingerprint density at radius 3 is 3.06 bits per heavy atom. The lowest BCUT2D eigenvalue weighted by molar-refractivity contribution is 0.414. The van der Waals surface area contributed by atoms with Gasteiger partial charge >= 0.3 is 0 Å². The van der Waals surface area contributed by atoms with Crippen LogP contribution in [0.1, 0.15) is 19.3 Å². The molecule has 0 aliphatic rings. The van der Waals surface area contributed by atoms with Crippen molar-refractivity contribution in [2.45, 2.75) is 13.2 Å². The van der Waals surface area contributed by atoms with Crippen LogP contribution >= 0.6 is 0 Å². The van der Waals surface area contributed by atoms with Crippen molar-refractivity contribution in [2.24, 2.45) is 0 Å². The van der Waals surface area contributed by atoms with Crippen LogP contribution in [0.2, 0.25) is 0 Å². The largest absolute Gasteiger partial charge is 0.497 e. The van der Waals surface area contributed by atoms with Crippen molar-refractivity contribution in [3.8, 4) is 11.4 Å². The van der Waals surface area contributed by atoms with Gasteiger partial charge in [0.1, 0.15) is 5.75 Å². The summed E-state index contributed by atoms with van der Waals surface area (Å²) >= 11 is 0. The molecule has 0 spiro atoms. The predicted octanol–water partition coefficient (Wildman–Crippen LogP) is 2.41. The highest BCUT2D eigenvalue weighted by molar-refractivity contribution is 5.39. The third-order valence-electron chi connectivity index (χ3n) is 2.39. The zero-order valence-electron chi connectivity index (χ0n) is 14.3. The Labute approximate surface area is 107 Å². The molecule has 0 bridgehead atoms. The minimum atomic E-state index is -2.83. The van der Waals surface area contributed by atoms with E-state index in [1.165, 1.54) is 23.9 Å². The van der Waals surface area contributed by atoms with Crippen molar-refractivity contribution in [3.05, 3.63) is 58.5 Å². The summed E-state index contributed by atoms with van der Waals surface area (Å²) in [5, 5.41) is 0. The number of aryl methyl sites for hydroxylation is 1. The molecule has 0 aliphatic carbocycles. The summed E-state index contributed by atoms with van der Waals surface area (Å²) in [6, 6.07) is 9.00. The molecule has 17 heavy (non-hydrogen) atoms. The topological polar surface area (TPSA) is 31.2 Å².